The average molecular weight is 366 g/mol. The van der Waals surface area contributed by atoms with E-state index >= 15 is 0 Å². The smallest absolute Gasteiger partial charge is 0.407 e. The normalized spacial score (nSPS) is 21.6. The van der Waals surface area contributed by atoms with Gasteiger partial charge in [-0.3, -0.25) is 0 Å². The predicted molar refractivity (Wildman–Crippen MR) is 101 cm³/mol. The monoisotopic (exact) mass is 365 g/mol. The Labute approximate surface area is 152 Å². The summed E-state index contributed by atoms with van der Waals surface area (Å²) < 4.78 is 12.2. The van der Waals surface area contributed by atoms with Gasteiger partial charge in [0, 0.05) is 6.54 Å². The zero-order valence-electron chi connectivity index (χ0n) is 16.0. The highest BCUT2D eigenvalue weighted by Crippen LogP contribution is 2.38. The number of hydrogen-bond acceptors (Lipinski definition) is 3. The summed E-state index contributed by atoms with van der Waals surface area (Å²) in [7, 11) is -1.91. The highest BCUT2D eigenvalue weighted by molar-refractivity contribution is 6.74. The van der Waals surface area contributed by atoms with Crippen molar-refractivity contribution in [1.29, 1.82) is 0 Å². The lowest BCUT2D eigenvalue weighted by molar-refractivity contribution is 0.0643. The molecule has 1 saturated heterocycles. The van der Waals surface area contributed by atoms with Crippen molar-refractivity contribution in [3.8, 4) is 0 Å². The molecule has 5 nitrogen and oxygen atoms in total. The third kappa shape index (κ3) is 5.30. The number of carboxylic acid groups (broad SMARTS) is 1. The number of nitrogens with zero attached hydrogens (tertiary/aromatic N) is 1. The fourth-order valence-electron chi connectivity index (χ4n) is 2.83. The van der Waals surface area contributed by atoms with Crippen molar-refractivity contribution in [3.63, 3.8) is 0 Å². The molecule has 0 saturated carbocycles. The number of hydrogen-bond donors (Lipinski definition) is 1. The van der Waals surface area contributed by atoms with E-state index in [-0.39, 0.29) is 17.2 Å². The fraction of sp³-hybridized carbons (Fsp3) is 0.632. The first kappa shape index (κ1) is 19.9. The van der Waals surface area contributed by atoms with Crippen LogP contribution in [0.1, 0.15) is 32.8 Å². The second-order valence-electron chi connectivity index (χ2n) is 8.33. The van der Waals surface area contributed by atoms with Gasteiger partial charge in [-0.25, -0.2) is 4.79 Å². The largest absolute Gasteiger partial charge is 0.465 e. The first-order valence-electron chi connectivity index (χ1n) is 8.89. The second kappa shape index (κ2) is 7.89. The maximum Gasteiger partial charge on any atom is 0.407 e. The quantitative estimate of drug-likeness (QED) is 0.762. The molecule has 1 heterocycles. The molecule has 1 aromatic carbocycles. The van der Waals surface area contributed by atoms with Crippen molar-refractivity contribution in [2.24, 2.45) is 0 Å². The van der Waals surface area contributed by atoms with E-state index in [0.29, 0.717) is 26.2 Å². The molecule has 0 radical (unpaired) electrons. The van der Waals surface area contributed by atoms with Gasteiger partial charge in [0.2, 0.25) is 0 Å². The van der Waals surface area contributed by atoms with Gasteiger partial charge in [-0.2, -0.15) is 0 Å². The maximum absolute atomic E-state index is 11.6. The molecule has 0 spiro atoms. The van der Waals surface area contributed by atoms with Crippen LogP contribution in [0.15, 0.2) is 30.3 Å². The van der Waals surface area contributed by atoms with Crippen LogP contribution in [-0.4, -0.2) is 49.7 Å². The molecular formula is C19H31NO4Si. The molecule has 1 N–H and O–H groups in total. The van der Waals surface area contributed by atoms with Gasteiger partial charge in [-0.15, -0.1) is 0 Å². The summed E-state index contributed by atoms with van der Waals surface area (Å²) in [6, 6.07) is 9.79. The van der Waals surface area contributed by atoms with Crippen LogP contribution < -0.4 is 0 Å². The molecule has 25 heavy (non-hydrogen) atoms. The van der Waals surface area contributed by atoms with Crippen LogP contribution in [0.2, 0.25) is 18.1 Å². The maximum atomic E-state index is 11.6. The lowest BCUT2D eigenvalue weighted by Gasteiger charge is -2.38. The summed E-state index contributed by atoms with van der Waals surface area (Å²) >= 11 is 0. The molecule has 6 heteroatoms. The van der Waals surface area contributed by atoms with Crippen molar-refractivity contribution < 1.29 is 19.1 Å². The third-order valence-electron chi connectivity index (χ3n) is 5.31. The van der Waals surface area contributed by atoms with Crippen molar-refractivity contribution in [2.75, 3.05) is 13.2 Å². The first-order chi connectivity index (χ1) is 11.6. The van der Waals surface area contributed by atoms with E-state index in [2.05, 4.69) is 33.9 Å². The SMILES string of the molecule is CC(C)(C)[Si](C)(C)O[C@@H]1C[C@@H](COCc2ccccc2)N(C(=O)O)C1. The van der Waals surface area contributed by atoms with Crippen LogP contribution in [0.4, 0.5) is 4.79 Å². The number of benzene rings is 1. The lowest BCUT2D eigenvalue weighted by Crippen LogP contribution is -2.44. The molecule has 0 bridgehead atoms. The molecule has 140 valence electrons. The molecule has 0 unspecified atom stereocenters. The third-order valence-corrected chi connectivity index (χ3v) is 9.85. The predicted octanol–water partition coefficient (Wildman–Crippen LogP) is 4.35. The van der Waals surface area contributed by atoms with Gasteiger partial charge < -0.3 is 19.2 Å². The van der Waals surface area contributed by atoms with Crippen LogP contribution in [0.25, 0.3) is 0 Å². The van der Waals surface area contributed by atoms with Gasteiger partial charge in [0.05, 0.1) is 25.4 Å². The van der Waals surface area contributed by atoms with E-state index in [4.69, 9.17) is 9.16 Å². The molecule has 0 aromatic heterocycles. The Morgan fingerprint density at radius 1 is 1.28 bits per heavy atom. The molecule has 2 rings (SSSR count). The second-order valence-corrected chi connectivity index (χ2v) is 13.1. The number of likely N-dealkylation sites (tertiary alicyclic amines) is 1. The molecule has 1 fully saturated rings. The van der Waals surface area contributed by atoms with Crippen LogP contribution in [0, 0.1) is 0 Å². The molecule has 2 atom stereocenters. The van der Waals surface area contributed by atoms with Crippen molar-refractivity contribution in [2.45, 2.75) is 64.1 Å². The van der Waals surface area contributed by atoms with Gasteiger partial charge in [0.25, 0.3) is 0 Å². The van der Waals surface area contributed by atoms with Crippen LogP contribution >= 0.6 is 0 Å². The summed E-state index contributed by atoms with van der Waals surface area (Å²) in [5, 5.41) is 9.62. The first-order valence-corrected chi connectivity index (χ1v) is 11.8. The van der Waals surface area contributed by atoms with Gasteiger partial charge in [0.15, 0.2) is 8.32 Å². The summed E-state index contributed by atoms with van der Waals surface area (Å²) in [4.78, 5) is 13.1. The molecule has 1 aliphatic heterocycles. The Hall–Kier alpha value is -1.37. The van der Waals surface area contributed by atoms with Crippen molar-refractivity contribution >= 4 is 14.4 Å². The van der Waals surface area contributed by atoms with E-state index in [0.717, 1.165) is 5.56 Å². The molecule has 1 aliphatic rings. The van der Waals surface area contributed by atoms with E-state index in [9.17, 15) is 9.90 Å². The minimum absolute atomic E-state index is 0.0395. The van der Waals surface area contributed by atoms with Gasteiger partial charge in [-0.05, 0) is 30.1 Å². The molecule has 1 amide bonds. The Bertz CT molecular complexity index is 571. The van der Waals surface area contributed by atoms with E-state index in [1.807, 2.05) is 30.3 Å². The Kier molecular flexibility index (Phi) is 6.29. The Morgan fingerprint density at radius 3 is 2.48 bits per heavy atom. The fourth-order valence-corrected chi connectivity index (χ4v) is 4.19. The molecular weight excluding hydrogens is 334 g/mol. The van der Waals surface area contributed by atoms with Crippen LogP contribution in [-0.2, 0) is 15.8 Å². The molecule has 0 aliphatic carbocycles. The number of carbonyl (C=O) groups is 1. The highest BCUT2D eigenvalue weighted by atomic mass is 28.4. The Morgan fingerprint density at radius 2 is 1.92 bits per heavy atom. The zero-order chi connectivity index (χ0) is 18.7. The van der Waals surface area contributed by atoms with E-state index in [1.165, 1.54) is 4.90 Å². The Balaban J connectivity index is 1.92. The van der Waals surface area contributed by atoms with Crippen LogP contribution in [0.3, 0.4) is 0 Å². The lowest BCUT2D eigenvalue weighted by atomic mass is 10.2. The number of ether oxygens (including phenoxy) is 1. The van der Waals surface area contributed by atoms with Crippen molar-refractivity contribution in [1.82, 2.24) is 4.90 Å². The highest BCUT2D eigenvalue weighted by Gasteiger charge is 2.43. The van der Waals surface area contributed by atoms with E-state index in [1.54, 1.807) is 0 Å². The topological polar surface area (TPSA) is 59.0 Å². The number of rotatable bonds is 6. The van der Waals surface area contributed by atoms with Gasteiger partial charge in [-0.1, -0.05) is 51.1 Å². The summed E-state index contributed by atoms with van der Waals surface area (Å²) in [5.74, 6) is 0. The van der Waals surface area contributed by atoms with Gasteiger partial charge in [0.1, 0.15) is 0 Å². The zero-order valence-corrected chi connectivity index (χ0v) is 17.0. The summed E-state index contributed by atoms with van der Waals surface area (Å²) in [6.45, 7) is 12.3. The summed E-state index contributed by atoms with van der Waals surface area (Å²) in [5.41, 5.74) is 1.09. The van der Waals surface area contributed by atoms with E-state index < -0.39 is 14.4 Å². The van der Waals surface area contributed by atoms with Crippen molar-refractivity contribution in [3.05, 3.63) is 35.9 Å². The summed E-state index contributed by atoms with van der Waals surface area (Å²) in [6.07, 6.45) is -0.231. The minimum atomic E-state index is -1.91. The minimum Gasteiger partial charge on any atom is -0.465 e. The average Bonchev–Trinajstić information content (AvgIpc) is 2.89. The standard InChI is InChI=1S/C19H31NO4Si/c1-19(2,3)25(4,5)24-17-11-16(20(12-17)18(21)22)14-23-13-15-9-7-6-8-10-15/h6-10,16-17H,11-14H2,1-5H3,(H,21,22)/t16-,17+/m0/s1. The van der Waals surface area contributed by atoms with Crippen LogP contribution in [0.5, 0.6) is 0 Å². The number of amides is 1. The van der Waals surface area contributed by atoms with Gasteiger partial charge >= 0.3 is 6.09 Å². The molecule has 1 aromatic rings.